The van der Waals surface area contributed by atoms with Crippen molar-refractivity contribution in [1.29, 1.82) is 0 Å². The lowest BCUT2D eigenvalue weighted by Crippen LogP contribution is -1.91. The van der Waals surface area contributed by atoms with E-state index in [-0.39, 0.29) is 0 Å². The molecule has 0 radical (unpaired) electrons. The van der Waals surface area contributed by atoms with Crippen LogP contribution in [0.2, 0.25) is 0 Å². The molecule has 0 aliphatic heterocycles. The number of para-hydroxylation sites is 4. The van der Waals surface area contributed by atoms with Gasteiger partial charge in [0.1, 0.15) is 22.3 Å². The first-order valence-corrected chi connectivity index (χ1v) is 17.1. The van der Waals surface area contributed by atoms with Crippen LogP contribution in [0.5, 0.6) is 0 Å². The second kappa shape index (κ2) is 11.9. The first-order chi connectivity index (χ1) is 24.6. The van der Waals surface area contributed by atoms with E-state index >= 15 is 0 Å². The summed E-state index contributed by atoms with van der Waals surface area (Å²) in [7, 11) is 0. The van der Waals surface area contributed by atoms with Crippen LogP contribution < -0.4 is 0 Å². The molecule has 0 aliphatic carbocycles. The smallest absolute Gasteiger partial charge is 0.143 e. The number of aryl methyl sites for hydroxylation is 1. The molecule has 0 unspecified atom stereocenters. The molecule has 9 aromatic rings. The van der Waals surface area contributed by atoms with Crippen molar-refractivity contribution in [2.75, 3.05) is 0 Å². The molecule has 50 heavy (non-hydrogen) atoms. The van der Waals surface area contributed by atoms with E-state index in [1.165, 1.54) is 10.8 Å². The summed E-state index contributed by atoms with van der Waals surface area (Å²) in [5, 5.41) is 9.14. The fraction of sp³-hybridized carbons (Fsp3) is 0.0417. The summed E-state index contributed by atoms with van der Waals surface area (Å²) in [6.07, 6.45) is 8.21. The highest BCUT2D eigenvalue weighted by molar-refractivity contribution is 6.17. The van der Waals surface area contributed by atoms with E-state index in [2.05, 4.69) is 148 Å². The Morgan fingerprint density at radius 3 is 1.78 bits per heavy atom. The van der Waals surface area contributed by atoms with Gasteiger partial charge in [0, 0.05) is 32.7 Å². The van der Waals surface area contributed by atoms with Gasteiger partial charge in [0.2, 0.25) is 0 Å². The van der Waals surface area contributed by atoms with Gasteiger partial charge >= 0.3 is 0 Å². The van der Waals surface area contributed by atoms with Gasteiger partial charge in [-0.15, -0.1) is 0 Å². The zero-order chi connectivity index (χ0) is 33.8. The Bertz CT molecular complexity index is 2910. The van der Waals surface area contributed by atoms with Gasteiger partial charge in [-0.1, -0.05) is 140 Å². The zero-order valence-corrected chi connectivity index (χ0v) is 28.0. The second-order valence-electron chi connectivity index (χ2n) is 12.9. The van der Waals surface area contributed by atoms with Gasteiger partial charge in [0.15, 0.2) is 0 Å². The molecule has 0 amide bonds. The minimum Gasteiger partial charge on any atom is -0.455 e. The van der Waals surface area contributed by atoms with Gasteiger partial charge in [0.05, 0.1) is 0 Å². The third-order valence-corrected chi connectivity index (χ3v) is 9.91. The molecular formula is C48H34O2. The van der Waals surface area contributed by atoms with Crippen molar-refractivity contribution in [2.45, 2.75) is 13.8 Å². The van der Waals surface area contributed by atoms with Gasteiger partial charge in [0.25, 0.3) is 0 Å². The number of hydrogen-bond acceptors (Lipinski definition) is 2. The van der Waals surface area contributed by atoms with E-state index in [9.17, 15) is 0 Å². The lowest BCUT2D eigenvalue weighted by atomic mass is 9.88. The number of rotatable bonds is 5. The van der Waals surface area contributed by atoms with E-state index in [1.54, 1.807) is 0 Å². The summed E-state index contributed by atoms with van der Waals surface area (Å²) in [5.74, 6) is 0. The van der Waals surface area contributed by atoms with Crippen LogP contribution in [-0.2, 0) is 0 Å². The van der Waals surface area contributed by atoms with E-state index in [4.69, 9.17) is 8.83 Å². The maximum Gasteiger partial charge on any atom is 0.143 e. The Kier molecular flexibility index (Phi) is 7.10. The Morgan fingerprint density at radius 2 is 1.12 bits per heavy atom. The molecule has 9 rings (SSSR count). The van der Waals surface area contributed by atoms with Crippen LogP contribution in [0.1, 0.15) is 18.1 Å². The first-order valence-electron chi connectivity index (χ1n) is 17.1. The first kappa shape index (κ1) is 29.7. The second-order valence-corrected chi connectivity index (χ2v) is 12.9. The summed E-state index contributed by atoms with van der Waals surface area (Å²) >= 11 is 0. The molecule has 238 valence electrons. The molecule has 0 saturated carbocycles. The molecule has 0 fully saturated rings. The molecule has 0 spiro atoms. The minimum atomic E-state index is 0.895. The predicted molar refractivity (Wildman–Crippen MR) is 213 cm³/mol. The summed E-state index contributed by atoms with van der Waals surface area (Å²) in [5.41, 5.74) is 11.4. The lowest BCUT2D eigenvalue weighted by Gasteiger charge is -2.15. The van der Waals surface area contributed by atoms with Crippen LogP contribution in [-0.4, -0.2) is 0 Å². The number of fused-ring (bicyclic) bond motifs is 7. The molecular weight excluding hydrogens is 609 g/mol. The lowest BCUT2D eigenvalue weighted by molar-refractivity contribution is 0.669. The molecule has 0 saturated heterocycles. The van der Waals surface area contributed by atoms with Crippen molar-refractivity contribution in [2.24, 2.45) is 0 Å². The van der Waals surface area contributed by atoms with Crippen molar-refractivity contribution in [3.05, 3.63) is 175 Å². The summed E-state index contributed by atoms with van der Waals surface area (Å²) in [6, 6.07) is 47.6. The fourth-order valence-electron chi connectivity index (χ4n) is 7.58. The minimum absolute atomic E-state index is 0.895. The van der Waals surface area contributed by atoms with E-state index < -0.39 is 0 Å². The third-order valence-electron chi connectivity index (χ3n) is 9.91. The van der Waals surface area contributed by atoms with E-state index in [1.807, 2.05) is 30.3 Å². The average molecular weight is 643 g/mol. The number of hydrogen-bond donors (Lipinski definition) is 0. The van der Waals surface area contributed by atoms with Crippen molar-refractivity contribution >= 4 is 71.0 Å². The number of allylic oxidation sites excluding steroid dienone is 5. The van der Waals surface area contributed by atoms with Gasteiger partial charge in [-0.05, 0) is 87.5 Å². The van der Waals surface area contributed by atoms with Crippen molar-refractivity contribution in [3.8, 4) is 22.3 Å². The van der Waals surface area contributed by atoms with Crippen LogP contribution in [0.4, 0.5) is 0 Å². The van der Waals surface area contributed by atoms with Gasteiger partial charge in [-0.3, -0.25) is 0 Å². The Balaban J connectivity index is 1.36. The molecule has 7 aromatic carbocycles. The number of benzene rings is 6. The van der Waals surface area contributed by atoms with Crippen LogP contribution in [0.3, 0.4) is 0 Å². The molecule has 2 bridgehead atoms. The Hall–Kier alpha value is -6.38. The Labute approximate surface area is 290 Å². The topological polar surface area (TPSA) is 26.3 Å². The largest absolute Gasteiger partial charge is 0.455 e. The fourth-order valence-corrected chi connectivity index (χ4v) is 7.58. The predicted octanol–water partition coefficient (Wildman–Crippen LogP) is 14.1. The zero-order valence-electron chi connectivity index (χ0n) is 28.0. The van der Waals surface area contributed by atoms with Crippen molar-refractivity contribution in [1.82, 2.24) is 0 Å². The highest BCUT2D eigenvalue weighted by Gasteiger charge is 2.18. The third kappa shape index (κ3) is 4.72. The van der Waals surface area contributed by atoms with Crippen LogP contribution in [0, 0.1) is 6.92 Å². The van der Waals surface area contributed by atoms with Crippen LogP contribution in [0.25, 0.3) is 93.2 Å². The summed E-state index contributed by atoms with van der Waals surface area (Å²) < 4.78 is 13.1. The normalized spacial score (nSPS) is 12.3. The molecule has 2 aromatic heterocycles. The summed E-state index contributed by atoms with van der Waals surface area (Å²) in [4.78, 5) is 0. The maximum atomic E-state index is 6.57. The maximum absolute atomic E-state index is 6.57. The standard InChI is InChI=1S/C48H34O2/c1-4-12-32(13-5-2)42-29-44(41-19-11-18-40-37-15-7-9-21-46(37)50-48(40)41)35-27-24-31-23-26-33(30(3)22-25-34(42)43(35)28-31)38-16-10-17-39-36-14-6-8-20-45(36)49-47(38)39/h4-29H,1H2,2-3H3/b13-5-,25-22?,26-23?,30-22?,31-23?,32-12+,33-26?,33-30?,34-25?. The van der Waals surface area contributed by atoms with Gasteiger partial charge in [-0.25, -0.2) is 0 Å². The highest BCUT2D eigenvalue weighted by atomic mass is 16.3. The van der Waals surface area contributed by atoms with E-state index in [0.29, 0.717) is 0 Å². The quantitative estimate of drug-likeness (QED) is 0.175. The Morgan fingerprint density at radius 1 is 0.520 bits per heavy atom. The molecule has 0 aliphatic rings. The monoisotopic (exact) mass is 642 g/mol. The molecule has 0 N–H and O–H groups in total. The number of furan rings is 2. The molecule has 2 heteroatoms. The van der Waals surface area contributed by atoms with Gasteiger partial charge < -0.3 is 8.83 Å². The van der Waals surface area contributed by atoms with Crippen molar-refractivity contribution in [3.63, 3.8) is 0 Å². The average Bonchev–Trinajstić information content (AvgIpc) is 3.73. The van der Waals surface area contributed by atoms with Gasteiger partial charge in [-0.2, -0.15) is 0 Å². The molecule has 0 atom stereocenters. The van der Waals surface area contributed by atoms with Crippen LogP contribution in [0.15, 0.2) is 173 Å². The van der Waals surface area contributed by atoms with Crippen molar-refractivity contribution < 1.29 is 8.83 Å². The highest BCUT2D eigenvalue weighted by Crippen LogP contribution is 2.43. The SMILES string of the molecule is C=C/C=C(\C=C/C)c1cc(-c2cccc3c2oc2ccccc23)c2ccc3ccc(-c4cccc5c4oc4ccccc45)c(C)ccc1c2c3. The van der Waals surface area contributed by atoms with Crippen LogP contribution >= 0.6 is 0 Å². The summed E-state index contributed by atoms with van der Waals surface area (Å²) in [6.45, 7) is 8.32. The van der Waals surface area contributed by atoms with E-state index in [0.717, 1.165) is 93.6 Å². The molecule has 2 heterocycles. The molecule has 2 nitrogen and oxygen atoms in total.